The van der Waals surface area contributed by atoms with Crippen LogP contribution in [0.5, 0.6) is 0 Å². The maximum Gasteiger partial charge on any atom is 0.240 e. The van der Waals surface area contributed by atoms with E-state index >= 15 is 0 Å². The molecule has 1 aromatic carbocycles. The molecule has 0 fully saturated rings. The SMILES string of the molecule is CCNS(=O)(=O)c1cccc(Nc2cncn2C(C)C)c1. The van der Waals surface area contributed by atoms with Gasteiger partial charge in [0, 0.05) is 18.3 Å². The van der Waals surface area contributed by atoms with Crippen LogP contribution < -0.4 is 10.0 Å². The molecule has 2 aromatic rings. The van der Waals surface area contributed by atoms with Gasteiger partial charge in [0.05, 0.1) is 17.4 Å². The predicted molar refractivity (Wildman–Crippen MR) is 83.2 cm³/mol. The summed E-state index contributed by atoms with van der Waals surface area (Å²) < 4.78 is 28.5. The van der Waals surface area contributed by atoms with Crippen LogP contribution >= 0.6 is 0 Å². The summed E-state index contributed by atoms with van der Waals surface area (Å²) >= 11 is 0. The second-order valence-corrected chi connectivity index (χ2v) is 6.70. The largest absolute Gasteiger partial charge is 0.340 e. The summed E-state index contributed by atoms with van der Waals surface area (Å²) in [6.07, 6.45) is 3.46. The number of anilines is 2. The van der Waals surface area contributed by atoms with E-state index in [2.05, 4.69) is 28.9 Å². The molecule has 0 saturated heterocycles. The molecule has 0 aliphatic rings. The fourth-order valence-electron chi connectivity index (χ4n) is 1.98. The van der Waals surface area contributed by atoms with Crippen molar-refractivity contribution in [1.29, 1.82) is 0 Å². The standard InChI is InChI=1S/C14H20N4O2S/c1-4-16-21(19,20)13-7-5-6-12(8-13)17-14-9-15-10-18(14)11(2)3/h5-11,16-17H,4H2,1-3H3. The Morgan fingerprint density at radius 1 is 1.33 bits per heavy atom. The first-order valence-corrected chi connectivity index (χ1v) is 8.31. The highest BCUT2D eigenvalue weighted by molar-refractivity contribution is 7.89. The Morgan fingerprint density at radius 3 is 2.76 bits per heavy atom. The van der Waals surface area contributed by atoms with Crippen molar-refractivity contribution in [3.63, 3.8) is 0 Å². The third kappa shape index (κ3) is 3.62. The molecule has 0 atom stereocenters. The van der Waals surface area contributed by atoms with Crippen molar-refractivity contribution in [2.45, 2.75) is 31.7 Å². The van der Waals surface area contributed by atoms with Crippen LogP contribution in [-0.4, -0.2) is 24.5 Å². The Labute approximate surface area is 125 Å². The average molecular weight is 308 g/mol. The van der Waals surface area contributed by atoms with Gasteiger partial charge in [-0.05, 0) is 32.0 Å². The Balaban J connectivity index is 2.28. The van der Waals surface area contributed by atoms with Gasteiger partial charge in [0.1, 0.15) is 5.82 Å². The normalized spacial score (nSPS) is 11.8. The fraction of sp³-hybridized carbons (Fsp3) is 0.357. The zero-order chi connectivity index (χ0) is 15.5. The lowest BCUT2D eigenvalue weighted by molar-refractivity contribution is 0.584. The molecular formula is C14H20N4O2S. The van der Waals surface area contributed by atoms with Crippen LogP contribution in [0.25, 0.3) is 0 Å². The fourth-order valence-corrected chi connectivity index (χ4v) is 3.06. The second kappa shape index (κ2) is 6.28. The first kappa shape index (κ1) is 15.5. The molecule has 0 radical (unpaired) electrons. The summed E-state index contributed by atoms with van der Waals surface area (Å²) in [6, 6.07) is 6.98. The smallest absolute Gasteiger partial charge is 0.240 e. The number of nitrogens with one attached hydrogen (secondary N) is 2. The van der Waals surface area contributed by atoms with Crippen molar-refractivity contribution in [3.05, 3.63) is 36.8 Å². The second-order valence-electron chi connectivity index (χ2n) is 4.93. The molecule has 1 aromatic heterocycles. The van der Waals surface area contributed by atoms with Crippen LogP contribution in [0.15, 0.2) is 41.7 Å². The minimum atomic E-state index is -3.45. The highest BCUT2D eigenvalue weighted by atomic mass is 32.2. The summed E-state index contributed by atoms with van der Waals surface area (Å²) in [5.74, 6) is 0.822. The molecule has 0 aliphatic carbocycles. The van der Waals surface area contributed by atoms with Gasteiger partial charge in [0.2, 0.25) is 10.0 Å². The quantitative estimate of drug-likeness (QED) is 0.859. The van der Waals surface area contributed by atoms with Gasteiger partial charge >= 0.3 is 0 Å². The number of hydrogen-bond donors (Lipinski definition) is 2. The van der Waals surface area contributed by atoms with Crippen molar-refractivity contribution in [3.8, 4) is 0 Å². The summed E-state index contributed by atoms with van der Waals surface area (Å²) in [5, 5.41) is 3.20. The van der Waals surface area contributed by atoms with E-state index in [0.717, 1.165) is 5.82 Å². The lowest BCUT2D eigenvalue weighted by Gasteiger charge is -2.14. The molecule has 21 heavy (non-hydrogen) atoms. The lowest BCUT2D eigenvalue weighted by Crippen LogP contribution is -2.23. The number of hydrogen-bond acceptors (Lipinski definition) is 4. The van der Waals surface area contributed by atoms with Gasteiger partial charge < -0.3 is 9.88 Å². The van der Waals surface area contributed by atoms with Crippen LogP contribution in [0.2, 0.25) is 0 Å². The zero-order valence-electron chi connectivity index (χ0n) is 12.4. The van der Waals surface area contributed by atoms with Gasteiger partial charge in [-0.3, -0.25) is 0 Å². The first-order chi connectivity index (χ1) is 9.94. The molecule has 0 saturated carbocycles. The monoisotopic (exact) mass is 308 g/mol. The molecule has 0 amide bonds. The maximum absolute atomic E-state index is 12.0. The number of nitrogens with zero attached hydrogens (tertiary/aromatic N) is 2. The van der Waals surface area contributed by atoms with Gasteiger partial charge in [0.15, 0.2) is 0 Å². The Hall–Kier alpha value is -1.86. The van der Waals surface area contributed by atoms with E-state index in [1.165, 1.54) is 0 Å². The molecule has 7 heteroatoms. The van der Waals surface area contributed by atoms with Gasteiger partial charge in [-0.2, -0.15) is 0 Å². The van der Waals surface area contributed by atoms with Gasteiger partial charge in [0.25, 0.3) is 0 Å². The van der Waals surface area contributed by atoms with E-state index in [4.69, 9.17) is 0 Å². The molecule has 1 heterocycles. The van der Waals surface area contributed by atoms with E-state index in [1.807, 2.05) is 10.6 Å². The van der Waals surface area contributed by atoms with E-state index in [0.29, 0.717) is 12.2 Å². The van der Waals surface area contributed by atoms with Gasteiger partial charge in [-0.25, -0.2) is 18.1 Å². The molecule has 0 aliphatic heterocycles. The first-order valence-electron chi connectivity index (χ1n) is 6.82. The predicted octanol–water partition coefficient (Wildman–Crippen LogP) is 2.51. The van der Waals surface area contributed by atoms with Gasteiger partial charge in [-0.15, -0.1) is 0 Å². The molecule has 2 rings (SSSR count). The third-order valence-corrected chi connectivity index (χ3v) is 4.52. The third-order valence-electron chi connectivity index (χ3n) is 2.97. The van der Waals surface area contributed by atoms with Crippen molar-refractivity contribution < 1.29 is 8.42 Å². The van der Waals surface area contributed by atoms with Crippen molar-refractivity contribution in [1.82, 2.24) is 14.3 Å². The van der Waals surface area contributed by atoms with E-state index in [1.54, 1.807) is 37.6 Å². The maximum atomic E-state index is 12.0. The highest BCUT2D eigenvalue weighted by Gasteiger charge is 2.13. The molecule has 114 valence electrons. The van der Waals surface area contributed by atoms with E-state index < -0.39 is 10.0 Å². The summed E-state index contributed by atoms with van der Waals surface area (Å²) in [4.78, 5) is 4.35. The van der Waals surface area contributed by atoms with Crippen LogP contribution in [0.3, 0.4) is 0 Å². The molecule has 6 nitrogen and oxygen atoms in total. The number of rotatable bonds is 6. The van der Waals surface area contributed by atoms with Crippen molar-refractivity contribution in [2.24, 2.45) is 0 Å². The Kier molecular flexibility index (Phi) is 4.64. The van der Waals surface area contributed by atoms with Gasteiger partial charge in [-0.1, -0.05) is 13.0 Å². The highest BCUT2D eigenvalue weighted by Crippen LogP contribution is 2.22. The zero-order valence-corrected chi connectivity index (χ0v) is 13.2. The van der Waals surface area contributed by atoms with Crippen LogP contribution in [0, 0.1) is 0 Å². The molecular weight excluding hydrogens is 288 g/mol. The molecule has 0 bridgehead atoms. The number of aromatic nitrogens is 2. The van der Waals surface area contributed by atoms with E-state index in [9.17, 15) is 8.42 Å². The summed E-state index contributed by atoms with van der Waals surface area (Å²) in [7, 11) is -3.45. The lowest BCUT2D eigenvalue weighted by atomic mass is 10.3. The van der Waals surface area contributed by atoms with Crippen molar-refractivity contribution >= 4 is 21.5 Å². The molecule has 2 N–H and O–H groups in total. The minimum Gasteiger partial charge on any atom is -0.340 e. The van der Waals surface area contributed by atoms with Crippen LogP contribution in [-0.2, 0) is 10.0 Å². The van der Waals surface area contributed by atoms with E-state index in [-0.39, 0.29) is 10.9 Å². The van der Waals surface area contributed by atoms with Crippen LogP contribution in [0.1, 0.15) is 26.8 Å². The number of benzene rings is 1. The number of imidazole rings is 1. The topological polar surface area (TPSA) is 76.0 Å². The summed E-state index contributed by atoms with van der Waals surface area (Å²) in [6.45, 7) is 6.22. The Morgan fingerprint density at radius 2 is 2.10 bits per heavy atom. The summed E-state index contributed by atoms with van der Waals surface area (Å²) in [5.41, 5.74) is 0.705. The number of sulfonamides is 1. The Bertz CT molecular complexity index is 707. The van der Waals surface area contributed by atoms with Crippen LogP contribution in [0.4, 0.5) is 11.5 Å². The average Bonchev–Trinajstić information content (AvgIpc) is 2.87. The minimum absolute atomic E-state index is 0.241. The molecule has 0 spiro atoms. The van der Waals surface area contributed by atoms with Crippen molar-refractivity contribution in [2.75, 3.05) is 11.9 Å². The molecule has 0 unspecified atom stereocenters.